The summed E-state index contributed by atoms with van der Waals surface area (Å²) in [5.74, 6) is -1.12. The topological polar surface area (TPSA) is 105 Å². The van der Waals surface area contributed by atoms with Gasteiger partial charge in [-0.05, 0) is 20.8 Å². The molecule has 2 aromatic carbocycles. The molecule has 0 aliphatic heterocycles. The summed E-state index contributed by atoms with van der Waals surface area (Å²) in [6.45, 7) is 5.28. The lowest BCUT2D eigenvalue weighted by molar-refractivity contribution is -0.385. The van der Waals surface area contributed by atoms with Gasteiger partial charge in [-0.3, -0.25) is 14.9 Å². The Labute approximate surface area is 162 Å². The zero-order valence-electron chi connectivity index (χ0n) is 16.1. The number of nitrogens with zero attached hydrogens (tertiary/aromatic N) is 1. The van der Waals surface area contributed by atoms with Crippen molar-refractivity contribution in [1.82, 2.24) is 0 Å². The number of benzene rings is 2. The van der Waals surface area contributed by atoms with E-state index in [9.17, 15) is 19.7 Å². The minimum atomic E-state index is -1.12. The lowest BCUT2D eigenvalue weighted by Gasteiger charge is -2.14. The van der Waals surface area contributed by atoms with Crippen LogP contribution in [0.1, 0.15) is 40.1 Å². The molecule has 148 valence electrons. The number of rotatable bonds is 8. The molecule has 0 saturated heterocycles. The maximum atomic E-state index is 12.5. The van der Waals surface area contributed by atoms with E-state index < -0.39 is 28.5 Å². The number of ketones is 1. The van der Waals surface area contributed by atoms with Crippen LogP contribution in [0.25, 0.3) is 0 Å². The number of esters is 1. The molecule has 1 atom stereocenters. The van der Waals surface area contributed by atoms with Crippen LogP contribution in [0.2, 0.25) is 0 Å². The van der Waals surface area contributed by atoms with E-state index in [1.54, 1.807) is 31.2 Å². The number of carbonyl (C=O) groups excluding carboxylic acids is 2. The standard InChI is InChI=1S/C20H21NO7/c1-5-27-18-11-16(21(24)25)15(10-17(18)26-4)20(23)28-13(3)19(22)14-8-6-12(2)7-9-14/h6-11,13H,5H2,1-4H3/t13-/m1/s1. The lowest BCUT2D eigenvalue weighted by Crippen LogP contribution is -2.25. The van der Waals surface area contributed by atoms with Crippen molar-refractivity contribution in [3.63, 3.8) is 0 Å². The fraction of sp³-hybridized carbons (Fsp3) is 0.300. The lowest BCUT2D eigenvalue weighted by atomic mass is 10.1. The molecule has 0 aliphatic carbocycles. The molecule has 2 aromatic rings. The molecule has 8 nitrogen and oxygen atoms in total. The second kappa shape index (κ2) is 8.98. The predicted octanol–water partition coefficient (Wildman–Crippen LogP) is 3.74. The molecular formula is C20H21NO7. The van der Waals surface area contributed by atoms with Crippen molar-refractivity contribution in [1.29, 1.82) is 0 Å². The van der Waals surface area contributed by atoms with Gasteiger partial charge in [-0.2, -0.15) is 0 Å². The van der Waals surface area contributed by atoms with Crippen molar-refractivity contribution in [2.75, 3.05) is 13.7 Å². The third-order valence-electron chi connectivity index (χ3n) is 3.99. The minimum absolute atomic E-state index is 0.136. The van der Waals surface area contributed by atoms with Crippen LogP contribution in [0, 0.1) is 17.0 Å². The van der Waals surface area contributed by atoms with Gasteiger partial charge >= 0.3 is 5.97 Å². The Bertz CT molecular complexity index is 890. The predicted molar refractivity (Wildman–Crippen MR) is 101 cm³/mol. The Hall–Kier alpha value is -3.42. The second-order valence-corrected chi connectivity index (χ2v) is 5.99. The molecule has 0 aromatic heterocycles. The number of carbonyl (C=O) groups is 2. The van der Waals surface area contributed by atoms with Crippen molar-refractivity contribution >= 4 is 17.4 Å². The van der Waals surface area contributed by atoms with E-state index in [4.69, 9.17) is 14.2 Å². The van der Waals surface area contributed by atoms with E-state index in [-0.39, 0.29) is 23.7 Å². The number of hydrogen-bond acceptors (Lipinski definition) is 7. The number of nitro benzene ring substituents is 1. The monoisotopic (exact) mass is 387 g/mol. The van der Waals surface area contributed by atoms with E-state index in [0.29, 0.717) is 5.56 Å². The number of hydrogen-bond donors (Lipinski definition) is 0. The Morgan fingerprint density at radius 2 is 1.79 bits per heavy atom. The van der Waals surface area contributed by atoms with Crippen molar-refractivity contribution in [3.05, 3.63) is 63.2 Å². The van der Waals surface area contributed by atoms with Gasteiger partial charge in [0, 0.05) is 11.6 Å². The van der Waals surface area contributed by atoms with E-state index >= 15 is 0 Å². The van der Waals surface area contributed by atoms with Crippen LogP contribution >= 0.6 is 0 Å². The maximum absolute atomic E-state index is 12.5. The summed E-state index contributed by atoms with van der Waals surface area (Å²) >= 11 is 0. The van der Waals surface area contributed by atoms with Crippen LogP contribution in [0.15, 0.2) is 36.4 Å². The molecule has 0 fully saturated rings. The highest BCUT2D eigenvalue weighted by Gasteiger charge is 2.28. The third-order valence-corrected chi connectivity index (χ3v) is 3.99. The fourth-order valence-electron chi connectivity index (χ4n) is 2.52. The molecule has 0 amide bonds. The van der Waals surface area contributed by atoms with Crippen LogP contribution in [0.5, 0.6) is 11.5 Å². The largest absolute Gasteiger partial charge is 0.493 e. The summed E-state index contributed by atoms with van der Waals surface area (Å²) in [5, 5.41) is 11.4. The molecule has 28 heavy (non-hydrogen) atoms. The molecular weight excluding hydrogens is 366 g/mol. The Balaban J connectivity index is 2.30. The minimum Gasteiger partial charge on any atom is -0.493 e. The van der Waals surface area contributed by atoms with Crippen LogP contribution in [0.4, 0.5) is 5.69 Å². The van der Waals surface area contributed by atoms with Gasteiger partial charge in [-0.25, -0.2) is 4.79 Å². The summed E-state index contributed by atoms with van der Waals surface area (Å²) in [6, 6.07) is 9.07. The molecule has 0 N–H and O–H groups in total. The van der Waals surface area contributed by atoms with E-state index in [0.717, 1.165) is 11.6 Å². The molecule has 0 aliphatic rings. The Kier molecular flexibility index (Phi) is 6.70. The first kappa shape index (κ1) is 20.9. The normalized spacial score (nSPS) is 11.4. The molecule has 0 saturated carbocycles. The van der Waals surface area contributed by atoms with Crippen LogP contribution in [-0.2, 0) is 4.74 Å². The van der Waals surface area contributed by atoms with Gasteiger partial charge in [0.25, 0.3) is 5.69 Å². The molecule has 0 spiro atoms. The Morgan fingerprint density at radius 3 is 2.32 bits per heavy atom. The van der Waals surface area contributed by atoms with Crippen LogP contribution in [0.3, 0.4) is 0 Å². The van der Waals surface area contributed by atoms with Crippen LogP contribution < -0.4 is 9.47 Å². The average Bonchev–Trinajstić information content (AvgIpc) is 2.67. The van der Waals surface area contributed by atoms with Gasteiger partial charge in [-0.1, -0.05) is 29.8 Å². The SMILES string of the molecule is CCOc1cc([N+](=O)[O-])c(C(=O)O[C@H](C)C(=O)c2ccc(C)cc2)cc1OC. The second-order valence-electron chi connectivity index (χ2n) is 5.99. The quantitative estimate of drug-likeness (QED) is 0.294. The van der Waals surface area contributed by atoms with Gasteiger partial charge in [0.2, 0.25) is 5.78 Å². The van der Waals surface area contributed by atoms with Crippen molar-refractivity contribution in [2.45, 2.75) is 26.9 Å². The Morgan fingerprint density at radius 1 is 1.14 bits per heavy atom. The fourth-order valence-corrected chi connectivity index (χ4v) is 2.52. The first-order valence-electron chi connectivity index (χ1n) is 8.59. The first-order chi connectivity index (χ1) is 13.3. The van der Waals surface area contributed by atoms with Gasteiger partial charge < -0.3 is 14.2 Å². The van der Waals surface area contributed by atoms with Gasteiger partial charge in [0.1, 0.15) is 5.56 Å². The highest BCUT2D eigenvalue weighted by Crippen LogP contribution is 2.35. The molecule has 2 rings (SSSR count). The zero-order valence-corrected chi connectivity index (χ0v) is 16.1. The van der Waals surface area contributed by atoms with Crippen LogP contribution in [-0.4, -0.2) is 36.5 Å². The molecule has 0 heterocycles. The summed E-state index contributed by atoms with van der Waals surface area (Å²) in [4.78, 5) is 35.7. The van der Waals surface area contributed by atoms with Crippen molar-refractivity contribution in [2.24, 2.45) is 0 Å². The number of ether oxygens (including phenoxy) is 3. The van der Waals surface area contributed by atoms with E-state index in [2.05, 4.69) is 0 Å². The highest BCUT2D eigenvalue weighted by atomic mass is 16.6. The average molecular weight is 387 g/mol. The van der Waals surface area contributed by atoms with Crippen molar-refractivity contribution in [3.8, 4) is 11.5 Å². The number of methoxy groups -OCH3 is 1. The molecule has 8 heteroatoms. The number of aryl methyl sites for hydroxylation is 1. The number of Topliss-reactive ketones (excluding diaryl/α,β-unsaturated/α-hetero) is 1. The molecule has 0 radical (unpaired) electrons. The first-order valence-corrected chi connectivity index (χ1v) is 8.59. The summed E-state index contributed by atoms with van der Waals surface area (Å²) in [6.07, 6.45) is -1.12. The smallest absolute Gasteiger partial charge is 0.346 e. The number of nitro groups is 1. The van der Waals surface area contributed by atoms with E-state index in [1.165, 1.54) is 20.1 Å². The highest BCUT2D eigenvalue weighted by molar-refractivity contribution is 6.02. The zero-order chi connectivity index (χ0) is 20.8. The summed E-state index contributed by atoms with van der Waals surface area (Å²) < 4.78 is 15.6. The van der Waals surface area contributed by atoms with E-state index in [1.807, 2.05) is 6.92 Å². The van der Waals surface area contributed by atoms with Crippen molar-refractivity contribution < 1.29 is 28.7 Å². The molecule has 0 unspecified atom stereocenters. The maximum Gasteiger partial charge on any atom is 0.346 e. The van der Waals surface area contributed by atoms with Gasteiger partial charge in [-0.15, -0.1) is 0 Å². The third kappa shape index (κ3) is 4.64. The summed E-state index contributed by atoms with van der Waals surface area (Å²) in [5.41, 5.74) is 0.543. The molecule has 0 bridgehead atoms. The summed E-state index contributed by atoms with van der Waals surface area (Å²) in [7, 11) is 1.35. The van der Waals surface area contributed by atoms with Gasteiger partial charge in [0.05, 0.1) is 24.7 Å². The van der Waals surface area contributed by atoms with Gasteiger partial charge in [0.15, 0.2) is 17.6 Å².